The maximum atomic E-state index is 9.13. The predicted molar refractivity (Wildman–Crippen MR) is 33.9 cm³/mol. The van der Waals surface area contributed by atoms with Crippen LogP contribution in [0.5, 0.6) is 0 Å². The van der Waals surface area contributed by atoms with Gasteiger partial charge in [0.05, 0.1) is 11.9 Å². The molecule has 0 amide bonds. The van der Waals surface area contributed by atoms with E-state index in [-0.39, 0.29) is 58.6 Å². The van der Waals surface area contributed by atoms with E-state index in [1.165, 1.54) is 0 Å². The molecule has 0 saturated carbocycles. The number of hydrogen-bond acceptors (Lipinski definition) is 6. The number of carboxylic acid groups (broad SMARTS) is 2. The molecule has 0 aliphatic heterocycles. The Balaban J connectivity index is -0.000000107. The SMILES string of the molecule is NCC(=O)[O-].NCC(=O)[O-].[Sr+2]. The zero-order valence-electron chi connectivity index (χ0n) is 5.91. The molecule has 60 valence electrons. The average Bonchev–Trinajstić information content (AvgIpc) is 1.89. The van der Waals surface area contributed by atoms with Crippen LogP contribution in [0.2, 0.25) is 0 Å². The summed E-state index contributed by atoms with van der Waals surface area (Å²) in [4.78, 5) is 18.3. The van der Waals surface area contributed by atoms with Crippen LogP contribution < -0.4 is 21.7 Å². The van der Waals surface area contributed by atoms with Gasteiger partial charge in [0.25, 0.3) is 0 Å². The van der Waals surface area contributed by atoms with E-state index >= 15 is 0 Å². The van der Waals surface area contributed by atoms with Crippen LogP contribution in [-0.4, -0.2) is 70.5 Å². The van der Waals surface area contributed by atoms with E-state index in [1.54, 1.807) is 0 Å². The number of nitrogens with two attached hydrogens (primary N) is 2. The first-order chi connectivity index (χ1) is 4.54. The number of aliphatic carboxylic acids is 2. The molecule has 0 unspecified atom stereocenters. The summed E-state index contributed by atoms with van der Waals surface area (Å²) in [6, 6.07) is 0. The maximum Gasteiger partial charge on any atom is 2.00 e. The summed E-state index contributed by atoms with van der Waals surface area (Å²) in [7, 11) is 0. The molecule has 0 fully saturated rings. The summed E-state index contributed by atoms with van der Waals surface area (Å²) < 4.78 is 0. The zero-order valence-corrected chi connectivity index (χ0v) is 9.39. The average molecular weight is 236 g/mol. The van der Waals surface area contributed by atoms with Gasteiger partial charge in [-0.05, 0) is 0 Å². The van der Waals surface area contributed by atoms with Crippen LogP contribution in [0.25, 0.3) is 0 Å². The summed E-state index contributed by atoms with van der Waals surface area (Å²) in [5.41, 5.74) is 9.02. The molecule has 0 rings (SSSR count). The second-order valence-corrected chi connectivity index (χ2v) is 1.15. The van der Waals surface area contributed by atoms with Crippen LogP contribution in [0.1, 0.15) is 0 Å². The van der Waals surface area contributed by atoms with Gasteiger partial charge in [0, 0.05) is 13.1 Å². The van der Waals surface area contributed by atoms with E-state index in [1.807, 2.05) is 0 Å². The van der Waals surface area contributed by atoms with Gasteiger partial charge < -0.3 is 31.3 Å². The second-order valence-electron chi connectivity index (χ2n) is 1.15. The smallest absolute Gasteiger partial charge is 0.549 e. The van der Waals surface area contributed by atoms with E-state index in [4.69, 9.17) is 19.8 Å². The Kier molecular flexibility index (Phi) is 20.6. The van der Waals surface area contributed by atoms with Gasteiger partial charge in [0.2, 0.25) is 0 Å². The van der Waals surface area contributed by atoms with Crippen molar-refractivity contribution in [2.45, 2.75) is 0 Å². The van der Waals surface area contributed by atoms with Gasteiger partial charge in [0.1, 0.15) is 0 Å². The Hall–Kier alpha value is 0.341. The summed E-state index contributed by atoms with van der Waals surface area (Å²) in [6.07, 6.45) is 0. The van der Waals surface area contributed by atoms with Crippen molar-refractivity contribution < 1.29 is 19.8 Å². The first kappa shape index (κ1) is 17.4. The summed E-state index contributed by atoms with van der Waals surface area (Å²) in [5, 5.41) is 18.3. The van der Waals surface area contributed by atoms with Gasteiger partial charge in [-0.3, -0.25) is 0 Å². The minimum Gasteiger partial charge on any atom is -0.549 e. The molecule has 4 N–H and O–H groups in total. The fraction of sp³-hybridized carbons (Fsp3) is 0.500. The fourth-order valence-electron chi connectivity index (χ4n) is 0. The molecule has 0 aliphatic carbocycles. The number of carbonyl (C=O) groups is 2. The molecule has 0 aliphatic rings. The largest absolute Gasteiger partial charge is 2.00 e. The molecule has 0 aromatic rings. The van der Waals surface area contributed by atoms with E-state index < -0.39 is 11.9 Å². The van der Waals surface area contributed by atoms with Gasteiger partial charge in [-0.1, -0.05) is 0 Å². The Morgan fingerprint density at radius 3 is 1.09 bits per heavy atom. The molecule has 11 heavy (non-hydrogen) atoms. The molecular formula is C4H8N2O4Sr. The predicted octanol–water partition coefficient (Wildman–Crippen LogP) is -4.99. The second kappa shape index (κ2) is 13.0. The Morgan fingerprint density at radius 1 is 1.00 bits per heavy atom. The summed E-state index contributed by atoms with van der Waals surface area (Å²) in [5.74, 6) is -2.44. The number of carboxylic acids is 2. The van der Waals surface area contributed by atoms with Crippen molar-refractivity contribution in [3.63, 3.8) is 0 Å². The van der Waals surface area contributed by atoms with Crippen LogP contribution in [0, 0.1) is 0 Å². The van der Waals surface area contributed by atoms with Crippen molar-refractivity contribution in [2.75, 3.05) is 13.1 Å². The standard InChI is InChI=1S/2C2H5NO2.Sr/c2*3-1-2(4)5;/h2*1,3H2,(H,4,5);/q;;+2/p-2. The van der Waals surface area contributed by atoms with Crippen LogP contribution in [-0.2, 0) is 9.59 Å². The fourth-order valence-corrected chi connectivity index (χ4v) is 0. The Morgan fingerprint density at radius 2 is 1.09 bits per heavy atom. The molecular weight excluding hydrogens is 228 g/mol. The molecule has 0 bridgehead atoms. The molecule has 0 aromatic carbocycles. The normalized spacial score (nSPS) is 6.73. The quantitative estimate of drug-likeness (QED) is 0.461. The van der Waals surface area contributed by atoms with Crippen molar-refractivity contribution in [1.29, 1.82) is 0 Å². The van der Waals surface area contributed by atoms with Crippen molar-refractivity contribution >= 4 is 57.4 Å². The first-order valence-corrected chi connectivity index (χ1v) is 2.34. The van der Waals surface area contributed by atoms with Crippen LogP contribution in [0.4, 0.5) is 0 Å². The van der Waals surface area contributed by atoms with Gasteiger partial charge in [-0.15, -0.1) is 0 Å². The van der Waals surface area contributed by atoms with E-state index in [0.29, 0.717) is 0 Å². The monoisotopic (exact) mass is 236 g/mol. The Bertz CT molecular complexity index is 105. The molecule has 0 heterocycles. The topological polar surface area (TPSA) is 132 Å². The van der Waals surface area contributed by atoms with Gasteiger partial charge in [-0.2, -0.15) is 0 Å². The summed E-state index contributed by atoms with van der Waals surface area (Å²) >= 11 is 0. The minimum absolute atomic E-state index is 0. The third-order valence-corrected chi connectivity index (χ3v) is 0.333. The third-order valence-electron chi connectivity index (χ3n) is 0.333. The van der Waals surface area contributed by atoms with Crippen molar-refractivity contribution in [3.8, 4) is 0 Å². The molecule has 0 atom stereocenters. The van der Waals surface area contributed by atoms with Crippen LogP contribution in [0.15, 0.2) is 0 Å². The molecule has 0 aromatic heterocycles. The van der Waals surface area contributed by atoms with Crippen LogP contribution in [0.3, 0.4) is 0 Å². The molecule has 7 heteroatoms. The molecule has 0 spiro atoms. The van der Waals surface area contributed by atoms with Gasteiger partial charge in [-0.25, -0.2) is 0 Å². The zero-order chi connectivity index (χ0) is 8.57. The van der Waals surface area contributed by atoms with Gasteiger partial charge in [0.15, 0.2) is 0 Å². The summed E-state index contributed by atoms with van der Waals surface area (Å²) in [6.45, 7) is -0.778. The number of rotatable bonds is 2. The van der Waals surface area contributed by atoms with Crippen molar-refractivity contribution in [1.82, 2.24) is 0 Å². The molecule has 0 radical (unpaired) electrons. The number of carbonyl (C=O) groups excluding carboxylic acids is 2. The van der Waals surface area contributed by atoms with E-state index in [0.717, 1.165) is 0 Å². The minimum atomic E-state index is -1.22. The Labute approximate surface area is 101 Å². The van der Waals surface area contributed by atoms with Gasteiger partial charge >= 0.3 is 45.5 Å². The number of hydrogen-bond donors (Lipinski definition) is 2. The third kappa shape index (κ3) is 38.2. The molecule has 0 saturated heterocycles. The maximum absolute atomic E-state index is 9.13. The van der Waals surface area contributed by atoms with Crippen LogP contribution >= 0.6 is 0 Å². The first-order valence-electron chi connectivity index (χ1n) is 2.34. The van der Waals surface area contributed by atoms with Crippen molar-refractivity contribution in [2.24, 2.45) is 11.5 Å². The van der Waals surface area contributed by atoms with E-state index in [2.05, 4.69) is 11.5 Å². The van der Waals surface area contributed by atoms with Crippen molar-refractivity contribution in [3.05, 3.63) is 0 Å². The van der Waals surface area contributed by atoms with E-state index in [9.17, 15) is 0 Å². The molecule has 6 nitrogen and oxygen atoms in total.